The van der Waals surface area contributed by atoms with Gasteiger partial charge in [0.25, 0.3) is 0 Å². The molecule has 2 heterocycles. The van der Waals surface area contributed by atoms with Crippen LogP contribution < -0.4 is 0 Å². The highest BCUT2D eigenvalue weighted by molar-refractivity contribution is 5.81. The average Bonchev–Trinajstić information content (AvgIpc) is 3.79. The number of rotatable bonds is 8. The van der Waals surface area contributed by atoms with E-state index in [-0.39, 0.29) is 0 Å². The highest BCUT2D eigenvalue weighted by atomic mass is 15.2. The van der Waals surface area contributed by atoms with Gasteiger partial charge in [-0.05, 0) is 170 Å². The highest BCUT2D eigenvalue weighted by Crippen LogP contribution is 2.30. The average molecular weight is 1160 g/mol. The maximum Gasteiger partial charge on any atom is 0.238 e. The van der Waals surface area contributed by atoms with Crippen LogP contribution in [0.25, 0.3) is 123 Å². The summed E-state index contributed by atoms with van der Waals surface area (Å²) in [5, 5.41) is 0. The van der Waals surface area contributed by atoms with Crippen LogP contribution in [-0.2, 0) is 0 Å². The van der Waals surface area contributed by atoms with Crippen molar-refractivity contribution in [3.8, 4) is 57.2 Å². The molecular formula is C81H59N9. The van der Waals surface area contributed by atoms with Gasteiger partial charge < -0.3 is 22.8 Å². The van der Waals surface area contributed by atoms with Gasteiger partial charge in [-0.15, -0.1) is 0 Å². The fourth-order valence-corrected chi connectivity index (χ4v) is 12.0. The summed E-state index contributed by atoms with van der Waals surface area (Å²) in [6, 6.07) is 126. The molecule has 2 aromatic heterocycles. The van der Waals surface area contributed by atoms with Crippen molar-refractivity contribution in [1.82, 2.24) is 42.4 Å². The number of benzene rings is 13. The zero-order valence-corrected chi connectivity index (χ0v) is 49.1. The second kappa shape index (κ2) is 24.6. The lowest BCUT2D eigenvalue weighted by Gasteiger charge is -2.17. The van der Waals surface area contributed by atoms with Crippen molar-refractivity contribution in [1.29, 1.82) is 0 Å². The van der Waals surface area contributed by atoms with Crippen LogP contribution in [0, 0.1) is 0 Å². The minimum atomic E-state index is 0.451. The molecule has 0 aliphatic rings. The zero-order chi connectivity index (χ0) is 60.0. The quantitative estimate of drug-likeness (QED) is 0.152. The predicted octanol–water partition coefficient (Wildman–Crippen LogP) is 19.9. The molecule has 15 rings (SSSR count). The van der Waals surface area contributed by atoms with Gasteiger partial charge in [-0.25, -0.2) is 4.98 Å². The molecule has 15 aromatic rings. The Balaban J connectivity index is 1.17. The van der Waals surface area contributed by atoms with Gasteiger partial charge >= 0.3 is 0 Å². The molecule has 0 saturated heterocycles. The first kappa shape index (κ1) is 54.3. The summed E-state index contributed by atoms with van der Waals surface area (Å²) in [5.41, 5.74) is 18.1. The van der Waals surface area contributed by atoms with Gasteiger partial charge in [0.2, 0.25) is 5.95 Å². The summed E-state index contributed by atoms with van der Waals surface area (Å²) in [4.78, 5) is 16.0. The molecule has 0 N–H and O–H groups in total. The van der Waals surface area contributed by atoms with Crippen molar-refractivity contribution in [2.45, 2.75) is 0 Å². The van der Waals surface area contributed by atoms with Crippen molar-refractivity contribution in [2.75, 3.05) is 0 Å². The first-order chi connectivity index (χ1) is 44.6. The fraction of sp³-hybridized carbons (Fsp3) is 0. The van der Waals surface area contributed by atoms with E-state index in [2.05, 4.69) is 325 Å². The minimum absolute atomic E-state index is 0.451. The first-order valence-electron chi connectivity index (χ1n) is 30.2. The Morgan fingerprint density at radius 1 is 0.156 bits per heavy atom. The van der Waals surface area contributed by atoms with E-state index in [9.17, 15) is 0 Å². The Hall–Kier alpha value is -12.3. The molecule has 9 nitrogen and oxygen atoms in total. The van der Waals surface area contributed by atoms with Crippen molar-refractivity contribution < 1.29 is 0 Å². The first-order valence-corrected chi connectivity index (χ1v) is 30.2. The van der Waals surface area contributed by atoms with Crippen LogP contribution in [0.5, 0.6) is 0 Å². The summed E-state index contributed by atoms with van der Waals surface area (Å²) in [6.45, 7) is 0. The summed E-state index contributed by atoms with van der Waals surface area (Å²) in [5.74, 6) is 1.56. The van der Waals surface area contributed by atoms with Gasteiger partial charge in [0.1, 0.15) is 0 Å². The van der Waals surface area contributed by atoms with E-state index in [4.69, 9.17) is 15.0 Å². The molecule has 9 heteroatoms. The molecule has 13 aromatic carbocycles. The second-order valence-electron chi connectivity index (χ2n) is 21.8. The van der Waals surface area contributed by atoms with Crippen LogP contribution in [0.4, 0.5) is 0 Å². The third-order valence-electron chi connectivity index (χ3n) is 16.0. The molecule has 0 saturated carbocycles. The SMILES string of the molecule is c1ccc(-c2nc(-c3ccccc3)nc(-n3c4cccc(c4)n(-c4ccccc4)c4cccc(c4)n(-c4ccccc4)c4cccc(c4)n(-c4ccccc4)c4cccc(c4)n(-c4ccccc4)c4cccc(c4)n(-c4ccccc4)c4cccc3c4)n2)cc1. The number of aromatic nitrogens is 9. The molecule has 0 fully saturated rings. The molecule has 0 radical (unpaired) electrons. The number of hydrogen-bond donors (Lipinski definition) is 0. The Morgan fingerprint density at radius 3 is 0.533 bits per heavy atom. The van der Waals surface area contributed by atoms with Crippen LogP contribution in [0.3, 0.4) is 0 Å². The lowest BCUT2D eigenvalue weighted by molar-refractivity contribution is 0.947. The molecule has 90 heavy (non-hydrogen) atoms. The molecule has 0 aliphatic carbocycles. The summed E-state index contributed by atoms with van der Waals surface area (Å²) in [6.07, 6.45) is 0. The van der Waals surface area contributed by atoms with E-state index in [1.807, 2.05) is 60.7 Å². The van der Waals surface area contributed by atoms with Crippen LogP contribution in [0.15, 0.2) is 358 Å². The van der Waals surface area contributed by atoms with E-state index in [0.717, 1.165) is 106 Å². The van der Waals surface area contributed by atoms with Gasteiger partial charge in [0, 0.05) is 94.7 Å². The van der Waals surface area contributed by atoms with Crippen molar-refractivity contribution in [3.05, 3.63) is 358 Å². The predicted molar refractivity (Wildman–Crippen MR) is 371 cm³/mol. The topological polar surface area (TPSA) is 68.2 Å². The molecule has 428 valence electrons. The van der Waals surface area contributed by atoms with Gasteiger partial charge in [-0.1, -0.05) is 188 Å². The van der Waals surface area contributed by atoms with Crippen LogP contribution in [0.1, 0.15) is 0 Å². The van der Waals surface area contributed by atoms with E-state index in [0.29, 0.717) is 17.6 Å². The van der Waals surface area contributed by atoms with E-state index < -0.39 is 0 Å². The normalized spacial score (nSPS) is 11.1. The monoisotopic (exact) mass is 1160 g/mol. The van der Waals surface area contributed by atoms with E-state index >= 15 is 0 Å². The smallest absolute Gasteiger partial charge is 0.238 e. The molecule has 0 unspecified atom stereocenters. The maximum absolute atomic E-state index is 5.44. The molecule has 0 aliphatic heterocycles. The summed E-state index contributed by atoms with van der Waals surface area (Å²) >= 11 is 0. The Kier molecular flexibility index (Phi) is 14.8. The van der Waals surface area contributed by atoms with Crippen LogP contribution in [-0.4, -0.2) is 42.4 Å². The van der Waals surface area contributed by atoms with Crippen molar-refractivity contribution in [3.63, 3.8) is 0 Å². The number of nitrogens with zero attached hydrogens (tertiary/aromatic N) is 9. The summed E-state index contributed by atoms with van der Waals surface area (Å²) < 4.78 is 13.9. The maximum atomic E-state index is 5.44. The van der Waals surface area contributed by atoms with Gasteiger partial charge in [-0.3, -0.25) is 4.57 Å². The van der Waals surface area contributed by atoms with Gasteiger partial charge in [0.05, 0.1) is 11.0 Å². The summed E-state index contributed by atoms with van der Waals surface area (Å²) in [7, 11) is 0. The Bertz CT molecular complexity index is 5080. The lowest BCUT2D eigenvalue weighted by atomic mass is 10.2. The highest BCUT2D eigenvalue weighted by Gasteiger charge is 2.16. The van der Waals surface area contributed by atoms with Gasteiger partial charge in [-0.2, -0.15) is 9.97 Å². The number of para-hydroxylation sites is 5. The van der Waals surface area contributed by atoms with E-state index in [1.54, 1.807) is 0 Å². The lowest BCUT2D eigenvalue weighted by Crippen LogP contribution is -2.08. The third kappa shape index (κ3) is 11.0. The number of fused-ring (bicyclic) bond motifs is 12. The van der Waals surface area contributed by atoms with Crippen LogP contribution in [0.2, 0.25) is 0 Å². The largest absolute Gasteiger partial charge is 0.310 e. The van der Waals surface area contributed by atoms with Crippen LogP contribution >= 0.6 is 0 Å². The molecule has 0 spiro atoms. The molecule has 12 bridgehead atoms. The second-order valence-corrected chi connectivity index (χ2v) is 21.8. The Labute approximate surface area is 520 Å². The Morgan fingerprint density at radius 2 is 0.333 bits per heavy atom. The third-order valence-corrected chi connectivity index (χ3v) is 16.0. The standard InChI is InChI=1S/C81H59N9/c1-8-28-60(29-9-1)79-82-80(61-30-10-2-11-31-61)84-81(83-79)90-77-52-26-50-75(58-77)88(65-38-18-6-19-39-65)73-48-24-46-71(56-73)86(63-34-14-4-15-35-63)69-44-22-42-67(54-69)85(62-32-12-3-13-33-62)68-43-23-45-70(55-68)87(64-36-16-5-17-37-64)72-47-25-49-74(57-72)89(66-40-20-7-21-41-66)76-51-27-53-78(90)59-76/h1-59H. The molecule has 0 amide bonds. The van der Waals surface area contributed by atoms with Gasteiger partial charge in [0.15, 0.2) is 11.6 Å². The van der Waals surface area contributed by atoms with E-state index in [1.165, 1.54) is 0 Å². The molecule has 0 atom stereocenters. The van der Waals surface area contributed by atoms with Crippen molar-refractivity contribution in [2.24, 2.45) is 0 Å². The zero-order valence-electron chi connectivity index (χ0n) is 49.1. The minimum Gasteiger partial charge on any atom is -0.310 e. The molecular weight excluding hydrogens is 1100 g/mol. The van der Waals surface area contributed by atoms with Crippen molar-refractivity contribution >= 4 is 66.2 Å². The number of hydrogen-bond acceptors (Lipinski definition) is 3. The fourth-order valence-electron chi connectivity index (χ4n) is 12.0.